The van der Waals surface area contributed by atoms with Crippen LogP contribution in [0.1, 0.15) is 31.2 Å². The molecule has 0 radical (unpaired) electrons. The van der Waals surface area contributed by atoms with Gasteiger partial charge in [-0.25, -0.2) is 0 Å². The van der Waals surface area contributed by atoms with Gasteiger partial charge in [0.25, 0.3) is 0 Å². The zero-order valence-corrected chi connectivity index (χ0v) is 13.5. The van der Waals surface area contributed by atoms with Crippen LogP contribution < -0.4 is 5.32 Å². The molecule has 0 aromatic heterocycles. The van der Waals surface area contributed by atoms with Crippen LogP contribution in [0.4, 0.5) is 0 Å². The van der Waals surface area contributed by atoms with E-state index in [0.29, 0.717) is 12.6 Å². The van der Waals surface area contributed by atoms with Gasteiger partial charge in [0.1, 0.15) is 5.75 Å². The molecule has 0 spiro atoms. The van der Waals surface area contributed by atoms with Crippen molar-refractivity contribution in [3.05, 3.63) is 29.8 Å². The molecule has 5 nitrogen and oxygen atoms in total. The number of benzene rings is 1. The Kier molecular flexibility index (Phi) is 5.51. The van der Waals surface area contributed by atoms with E-state index in [9.17, 15) is 9.90 Å². The average Bonchev–Trinajstić information content (AvgIpc) is 2.62. The maximum atomic E-state index is 12.3. The first kappa shape index (κ1) is 16.3. The Balaban J connectivity index is 1.41. The van der Waals surface area contributed by atoms with E-state index in [0.717, 1.165) is 57.6 Å². The summed E-state index contributed by atoms with van der Waals surface area (Å²) in [4.78, 5) is 14.9. The van der Waals surface area contributed by atoms with Crippen molar-refractivity contribution < 1.29 is 14.6 Å². The Labute approximate surface area is 137 Å². The zero-order valence-electron chi connectivity index (χ0n) is 13.5. The third kappa shape index (κ3) is 4.45. The van der Waals surface area contributed by atoms with Gasteiger partial charge in [-0.05, 0) is 56.5 Å². The molecule has 23 heavy (non-hydrogen) atoms. The first-order chi connectivity index (χ1) is 11.2. The number of rotatable bonds is 4. The third-order valence-electron chi connectivity index (χ3n) is 5.01. The number of hydrogen-bond donors (Lipinski definition) is 2. The maximum absolute atomic E-state index is 12.3. The molecule has 3 rings (SSSR count). The number of hydrogen-bond acceptors (Lipinski definition) is 4. The van der Waals surface area contributed by atoms with Crippen molar-refractivity contribution in [1.82, 2.24) is 10.2 Å². The number of phenolic OH excluding ortho intramolecular Hbond substituents is 1. The molecular weight excluding hydrogens is 292 g/mol. The molecule has 0 aliphatic carbocycles. The minimum atomic E-state index is 0.128. The Morgan fingerprint density at radius 3 is 2.43 bits per heavy atom. The molecule has 2 fully saturated rings. The van der Waals surface area contributed by atoms with Crippen LogP contribution in [0.25, 0.3) is 0 Å². The summed E-state index contributed by atoms with van der Waals surface area (Å²) in [5.41, 5.74) is 1.01. The first-order valence-corrected chi connectivity index (χ1v) is 8.60. The lowest BCUT2D eigenvalue weighted by molar-refractivity contribution is -0.127. The highest BCUT2D eigenvalue weighted by molar-refractivity contribution is 5.78. The molecule has 2 aliphatic rings. The van der Waals surface area contributed by atoms with Gasteiger partial charge in [-0.2, -0.15) is 0 Å². The number of carbonyl (C=O) groups excluding carboxylic acids is 1. The van der Waals surface area contributed by atoms with Crippen LogP contribution in [0.15, 0.2) is 24.3 Å². The molecule has 1 aromatic carbocycles. The Morgan fingerprint density at radius 2 is 1.78 bits per heavy atom. The normalized spacial score (nSPS) is 21.2. The van der Waals surface area contributed by atoms with Crippen molar-refractivity contribution in [2.24, 2.45) is 5.92 Å². The molecule has 2 N–H and O–H groups in total. The number of piperidine rings is 1. The molecule has 5 heteroatoms. The lowest BCUT2D eigenvalue weighted by Crippen LogP contribution is -2.46. The van der Waals surface area contributed by atoms with E-state index in [-0.39, 0.29) is 17.6 Å². The van der Waals surface area contributed by atoms with Crippen LogP contribution in [0.5, 0.6) is 5.75 Å². The second-order valence-electron chi connectivity index (χ2n) is 6.54. The molecular formula is C18H26N2O3. The summed E-state index contributed by atoms with van der Waals surface area (Å²) in [6.45, 7) is 4.30. The fraction of sp³-hybridized carbons (Fsp3) is 0.611. The van der Waals surface area contributed by atoms with Crippen LogP contribution >= 0.6 is 0 Å². The van der Waals surface area contributed by atoms with E-state index in [1.807, 2.05) is 12.1 Å². The van der Waals surface area contributed by atoms with E-state index >= 15 is 0 Å². The van der Waals surface area contributed by atoms with E-state index in [4.69, 9.17) is 4.74 Å². The first-order valence-electron chi connectivity index (χ1n) is 8.60. The molecule has 2 heterocycles. The number of phenols is 1. The number of carbonyl (C=O) groups is 1. The summed E-state index contributed by atoms with van der Waals surface area (Å²) >= 11 is 0. The second kappa shape index (κ2) is 7.79. The average molecular weight is 318 g/mol. The largest absolute Gasteiger partial charge is 0.508 e. The zero-order chi connectivity index (χ0) is 16.1. The lowest BCUT2D eigenvalue weighted by Gasteiger charge is -2.38. The summed E-state index contributed by atoms with van der Waals surface area (Å²) in [6.07, 6.45) is 4.13. The topological polar surface area (TPSA) is 61.8 Å². The lowest BCUT2D eigenvalue weighted by atomic mass is 9.93. The fourth-order valence-electron chi connectivity index (χ4n) is 3.52. The minimum absolute atomic E-state index is 0.128. The van der Waals surface area contributed by atoms with Crippen molar-refractivity contribution >= 4 is 5.91 Å². The molecule has 1 aromatic rings. The minimum Gasteiger partial charge on any atom is -0.508 e. The van der Waals surface area contributed by atoms with Crippen LogP contribution in [-0.2, 0) is 16.1 Å². The van der Waals surface area contributed by atoms with Crippen molar-refractivity contribution in [3.63, 3.8) is 0 Å². The monoisotopic (exact) mass is 318 g/mol. The van der Waals surface area contributed by atoms with Gasteiger partial charge in [-0.15, -0.1) is 0 Å². The summed E-state index contributed by atoms with van der Waals surface area (Å²) in [7, 11) is 0. The number of likely N-dealkylation sites (tertiary alicyclic amines) is 1. The summed E-state index contributed by atoms with van der Waals surface area (Å²) in [5.74, 6) is 0.536. The van der Waals surface area contributed by atoms with Gasteiger partial charge in [0.2, 0.25) is 5.91 Å². The molecule has 126 valence electrons. The fourth-order valence-corrected chi connectivity index (χ4v) is 3.52. The number of ether oxygens (including phenoxy) is 1. The molecule has 0 saturated carbocycles. The van der Waals surface area contributed by atoms with Gasteiger partial charge in [0.15, 0.2) is 0 Å². The van der Waals surface area contributed by atoms with Gasteiger partial charge in [-0.3, -0.25) is 4.79 Å². The summed E-state index contributed by atoms with van der Waals surface area (Å²) in [6, 6.07) is 7.61. The van der Waals surface area contributed by atoms with E-state index < -0.39 is 0 Å². The highest BCUT2D eigenvalue weighted by atomic mass is 16.5. The molecule has 2 saturated heterocycles. The van der Waals surface area contributed by atoms with Gasteiger partial charge >= 0.3 is 0 Å². The van der Waals surface area contributed by atoms with Crippen LogP contribution in [0, 0.1) is 5.92 Å². The number of amides is 1. The third-order valence-corrected chi connectivity index (χ3v) is 5.01. The van der Waals surface area contributed by atoms with Crippen LogP contribution in [-0.4, -0.2) is 48.3 Å². The van der Waals surface area contributed by atoms with E-state index in [1.165, 1.54) is 0 Å². The predicted molar refractivity (Wildman–Crippen MR) is 88.1 cm³/mol. The number of aromatic hydroxyl groups is 1. The van der Waals surface area contributed by atoms with Crippen LogP contribution in [0.3, 0.4) is 0 Å². The molecule has 0 bridgehead atoms. The second-order valence-corrected chi connectivity index (χ2v) is 6.54. The molecule has 0 unspecified atom stereocenters. The van der Waals surface area contributed by atoms with Crippen molar-refractivity contribution in [1.29, 1.82) is 0 Å². The van der Waals surface area contributed by atoms with Crippen molar-refractivity contribution in [3.8, 4) is 5.75 Å². The van der Waals surface area contributed by atoms with Gasteiger partial charge < -0.3 is 20.1 Å². The number of nitrogens with one attached hydrogen (secondary N) is 1. The van der Waals surface area contributed by atoms with Gasteiger partial charge in [0, 0.05) is 31.7 Å². The Hall–Kier alpha value is -1.59. The van der Waals surface area contributed by atoms with E-state index in [1.54, 1.807) is 12.1 Å². The van der Waals surface area contributed by atoms with Crippen molar-refractivity contribution in [2.75, 3.05) is 26.3 Å². The summed E-state index contributed by atoms with van der Waals surface area (Å²) < 4.78 is 5.42. The van der Waals surface area contributed by atoms with Crippen LogP contribution in [0.2, 0.25) is 0 Å². The molecule has 1 amide bonds. The van der Waals surface area contributed by atoms with Gasteiger partial charge in [-0.1, -0.05) is 12.1 Å². The quantitative estimate of drug-likeness (QED) is 0.890. The molecule has 2 aliphatic heterocycles. The molecule has 0 atom stereocenters. The number of nitrogens with zero attached hydrogens (tertiary/aromatic N) is 1. The van der Waals surface area contributed by atoms with Crippen molar-refractivity contribution in [2.45, 2.75) is 38.3 Å². The summed E-state index contributed by atoms with van der Waals surface area (Å²) in [5, 5.41) is 12.3. The Morgan fingerprint density at radius 1 is 1.13 bits per heavy atom. The predicted octanol–water partition coefficient (Wildman–Crippen LogP) is 1.90. The highest BCUT2D eigenvalue weighted by Crippen LogP contribution is 2.23. The smallest absolute Gasteiger partial charge is 0.223 e. The Bertz CT molecular complexity index is 504. The standard InChI is InChI=1S/C18H26N2O3/c21-17-3-1-14(2-4-17)13-19-18(22)15-5-9-20(10-6-15)16-7-11-23-12-8-16/h1-4,15-16,21H,5-13H2,(H,19,22). The highest BCUT2D eigenvalue weighted by Gasteiger charge is 2.29. The maximum Gasteiger partial charge on any atom is 0.223 e. The van der Waals surface area contributed by atoms with E-state index in [2.05, 4.69) is 10.2 Å². The van der Waals surface area contributed by atoms with Gasteiger partial charge in [0.05, 0.1) is 0 Å². The SMILES string of the molecule is O=C(NCc1ccc(O)cc1)C1CCN(C2CCOCC2)CC1.